The number of hydrogen-bond acceptors (Lipinski definition) is 3. The van der Waals surface area contributed by atoms with Gasteiger partial charge in [0.15, 0.2) is 5.76 Å². The van der Waals surface area contributed by atoms with Gasteiger partial charge in [0.05, 0.1) is 0 Å². The fourth-order valence-electron chi connectivity index (χ4n) is 1.78. The largest absolute Gasteiger partial charge is 0.451 e. The van der Waals surface area contributed by atoms with Crippen LogP contribution in [0.15, 0.2) is 28.7 Å². The van der Waals surface area contributed by atoms with E-state index in [2.05, 4.69) is 5.32 Å². The molecule has 0 atom stereocenters. The summed E-state index contributed by atoms with van der Waals surface area (Å²) in [6.45, 7) is 3.04. The highest BCUT2D eigenvalue weighted by molar-refractivity contribution is 5.98. The van der Waals surface area contributed by atoms with Crippen LogP contribution in [-0.2, 0) is 0 Å². The normalized spacial score (nSPS) is 10.1. The third-order valence-corrected chi connectivity index (χ3v) is 2.72. The summed E-state index contributed by atoms with van der Waals surface area (Å²) < 4.78 is 5.55. The van der Waals surface area contributed by atoms with Gasteiger partial charge < -0.3 is 15.5 Å². The summed E-state index contributed by atoms with van der Waals surface area (Å²) >= 11 is 0. The minimum Gasteiger partial charge on any atom is -0.451 e. The molecule has 98 valence electrons. The molecule has 0 bridgehead atoms. The molecular weight excluding hydrogens is 252 g/mol. The van der Waals surface area contributed by atoms with E-state index in [1.165, 1.54) is 0 Å². The van der Waals surface area contributed by atoms with E-state index in [1.54, 1.807) is 0 Å². The lowest BCUT2D eigenvalue weighted by atomic mass is 10.1. The maximum atomic E-state index is 11.9. The molecule has 18 heavy (non-hydrogen) atoms. The quantitative estimate of drug-likeness (QED) is 0.836. The van der Waals surface area contributed by atoms with Gasteiger partial charge in [-0.05, 0) is 26.0 Å². The van der Waals surface area contributed by atoms with E-state index in [9.17, 15) is 4.79 Å². The van der Waals surface area contributed by atoms with Gasteiger partial charge in [-0.15, -0.1) is 12.4 Å². The number of nitrogens with two attached hydrogens (primary N) is 1. The van der Waals surface area contributed by atoms with Gasteiger partial charge in [-0.3, -0.25) is 4.79 Å². The first-order valence-electron chi connectivity index (χ1n) is 5.70. The van der Waals surface area contributed by atoms with Crippen molar-refractivity contribution in [1.82, 2.24) is 5.32 Å². The third kappa shape index (κ3) is 2.83. The van der Waals surface area contributed by atoms with E-state index in [1.807, 2.05) is 31.2 Å². The Morgan fingerprint density at radius 1 is 1.39 bits per heavy atom. The van der Waals surface area contributed by atoms with Crippen molar-refractivity contribution in [2.45, 2.75) is 13.3 Å². The van der Waals surface area contributed by atoms with Crippen LogP contribution in [0.5, 0.6) is 0 Å². The van der Waals surface area contributed by atoms with E-state index in [-0.39, 0.29) is 18.3 Å². The predicted molar refractivity (Wildman–Crippen MR) is 74.2 cm³/mol. The van der Waals surface area contributed by atoms with Gasteiger partial charge in [0.1, 0.15) is 5.58 Å². The molecule has 0 radical (unpaired) electrons. The van der Waals surface area contributed by atoms with Crippen LogP contribution >= 0.6 is 12.4 Å². The van der Waals surface area contributed by atoms with Crippen molar-refractivity contribution in [3.63, 3.8) is 0 Å². The maximum absolute atomic E-state index is 11.9. The SMILES string of the molecule is Cc1c(C(=O)NCCCN)oc2ccccc12.Cl. The fourth-order valence-corrected chi connectivity index (χ4v) is 1.78. The number of carbonyl (C=O) groups excluding carboxylic acids is 1. The van der Waals surface area contributed by atoms with Crippen molar-refractivity contribution in [3.05, 3.63) is 35.6 Å². The molecule has 2 rings (SSSR count). The Bertz CT molecular complexity index is 537. The van der Waals surface area contributed by atoms with E-state index >= 15 is 0 Å². The molecule has 0 unspecified atom stereocenters. The van der Waals surface area contributed by atoms with Gasteiger partial charge in [0.2, 0.25) is 0 Å². The number of aryl methyl sites for hydroxylation is 1. The molecule has 5 heteroatoms. The van der Waals surface area contributed by atoms with Crippen molar-refractivity contribution in [3.8, 4) is 0 Å². The zero-order valence-electron chi connectivity index (χ0n) is 10.2. The van der Waals surface area contributed by atoms with Crippen molar-refractivity contribution < 1.29 is 9.21 Å². The van der Waals surface area contributed by atoms with Gasteiger partial charge >= 0.3 is 0 Å². The van der Waals surface area contributed by atoms with Crippen LogP contribution in [0.3, 0.4) is 0 Å². The Hall–Kier alpha value is -1.52. The van der Waals surface area contributed by atoms with Crippen molar-refractivity contribution >= 4 is 29.3 Å². The Balaban J connectivity index is 0.00000162. The first-order chi connectivity index (χ1) is 8.24. The molecule has 0 aliphatic carbocycles. The molecule has 0 spiro atoms. The highest BCUT2D eigenvalue weighted by atomic mass is 35.5. The molecule has 0 fully saturated rings. The number of para-hydroxylation sites is 1. The molecule has 2 aromatic rings. The lowest BCUT2D eigenvalue weighted by Gasteiger charge is -2.01. The minimum atomic E-state index is -0.174. The summed E-state index contributed by atoms with van der Waals surface area (Å²) in [5.74, 6) is 0.218. The third-order valence-electron chi connectivity index (χ3n) is 2.72. The van der Waals surface area contributed by atoms with Crippen LogP contribution in [0.2, 0.25) is 0 Å². The van der Waals surface area contributed by atoms with Gasteiger partial charge in [0.25, 0.3) is 5.91 Å². The lowest BCUT2D eigenvalue weighted by molar-refractivity contribution is 0.0927. The fraction of sp³-hybridized carbons (Fsp3) is 0.308. The number of carbonyl (C=O) groups is 1. The molecular formula is C13H17ClN2O2. The molecule has 1 aromatic heterocycles. The zero-order valence-corrected chi connectivity index (χ0v) is 11.0. The molecule has 0 saturated carbocycles. The zero-order chi connectivity index (χ0) is 12.3. The molecule has 1 amide bonds. The van der Waals surface area contributed by atoms with E-state index < -0.39 is 0 Å². The number of halogens is 1. The average molecular weight is 269 g/mol. The number of amides is 1. The molecule has 1 aromatic carbocycles. The Kier molecular flexibility index (Phi) is 5.19. The molecule has 0 aliphatic heterocycles. The minimum absolute atomic E-state index is 0. The van der Waals surface area contributed by atoms with Crippen LogP contribution in [0.1, 0.15) is 22.5 Å². The summed E-state index contributed by atoms with van der Waals surface area (Å²) in [5.41, 5.74) is 6.99. The van der Waals surface area contributed by atoms with E-state index in [0.29, 0.717) is 18.8 Å². The maximum Gasteiger partial charge on any atom is 0.287 e. The van der Waals surface area contributed by atoms with Gasteiger partial charge in [-0.2, -0.15) is 0 Å². The molecule has 0 aliphatic rings. The standard InChI is InChI=1S/C13H16N2O2.ClH/c1-9-10-5-2-3-6-11(10)17-12(9)13(16)15-8-4-7-14;/h2-3,5-6H,4,7-8,14H2,1H3,(H,15,16);1H. The number of benzene rings is 1. The second-order valence-corrected chi connectivity index (χ2v) is 3.95. The summed E-state index contributed by atoms with van der Waals surface area (Å²) in [4.78, 5) is 11.9. The van der Waals surface area contributed by atoms with Crippen LogP contribution in [-0.4, -0.2) is 19.0 Å². The molecule has 0 saturated heterocycles. The molecule has 3 N–H and O–H groups in total. The summed E-state index contributed by atoms with van der Waals surface area (Å²) in [6, 6.07) is 7.63. The van der Waals surface area contributed by atoms with E-state index in [0.717, 1.165) is 23.0 Å². The van der Waals surface area contributed by atoms with Crippen molar-refractivity contribution in [2.75, 3.05) is 13.1 Å². The van der Waals surface area contributed by atoms with Gasteiger partial charge in [-0.25, -0.2) is 0 Å². The monoisotopic (exact) mass is 268 g/mol. The van der Waals surface area contributed by atoms with Crippen LogP contribution in [0, 0.1) is 6.92 Å². The van der Waals surface area contributed by atoms with Crippen LogP contribution in [0.25, 0.3) is 11.0 Å². The van der Waals surface area contributed by atoms with Crippen molar-refractivity contribution in [2.24, 2.45) is 5.73 Å². The van der Waals surface area contributed by atoms with Crippen LogP contribution in [0.4, 0.5) is 0 Å². The van der Waals surface area contributed by atoms with Gasteiger partial charge in [0, 0.05) is 17.5 Å². The first-order valence-corrected chi connectivity index (χ1v) is 5.70. The lowest BCUT2D eigenvalue weighted by Crippen LogP contribution is -2.26. The van der Waals surface area contributed by atoms with Crippen LogP contribution < -0.4 is 11.1 Å². The number of rotatable bonds is 4. The average Bonchev–Trinajstić information content (AvgIpc) is 2.68. The Morgan fingerprint density at radius 2 is 2.11 bits per heavy atom. The van der Waals surface area contributed by atoms with E-state index in [4.69, 9.17) is 10.2 Å². The summed E-state index contributed by atoms with van der Waals surface area (Å²) in [6.07, 6.45) is 0.769. The molecule has 1 heterocycles. The van der Waals surface area contributed by atoms with Gasteiger partial charge in [-0.1, -0.05) is 18.2 Å². The Labute approximate surface area is 112 Å². The second-order valence-electron chi connectivity index (χ2n) is 3.95. The number of hydrogen-bond donors (Lipinski definition) is 2. The number of nitrogens with one attached hydrogen (secondary N) is 1. The Morgan fingerprint density at radius 3 is 2.78 bits per heavy atom. The summed E-state index contributed by atoms with van der Waals surface area (Å²) in [7, 11) is 0. The topological polar surface area (TPSA) is 68.3 Å². The number of furan rings is 1. The second kappa shape index (κ2) is 6.42. The summed E-state index contributed by atoms with van der Waals surface area (Å²) in [5, 5.41) is 3.77. The first kappa shape index (κ1) is 14.5. The predicted octanol–water partition coefficient (Wildman–Crippen LogP) is 2.24. The number of fused-ring (bicyclic) bond motifs is 1. The van der Waals surface area contributed by atoms with Crippen molar-refractivity contribution in [1.29, 1.82) is 0 Å². The highest BCUT2D eigenvalue weighted by Crippen LogP contribution is 2.24. The smallest absolute Gasteiger partial charge is 0.287 e. The molecule has 4 nitrogen and oxygen atoms in total. The highest BCUT2D eigenvalue weighted by Gasteiger charge is 2.16.